The molecule has 2 aromatic heterocycles. The number of rotatable bonds is 3. The van der Waals surface area contributed by atoms with Crippen molar-refractivity contribution in [2.45, 2.75) is 34.2 Å². The third-order valence-electron chi connectivity index (χ3n) is 5.29. The van der Waals surface area contributed by atoms with E-state index >= 15 is 0 Å². The van der Waals surface area contributed by atoms with E-state index in [4.69, 9.17) is 4.98 Å². The Labute approximate surface area is 155 Å². The number of hydrogen-bond acceptors (Lipinski definition) is 1. The van der Waals surface area contributed by atoms with Crippen molar-refractivity contribution in [2.75, 3.05) is 0 Å². The van der Waals surface area contributed by atoms with Crippen LogP contribution < -0.4 is 0 Å². The van der Waals surface area contributed by atoms with Crippen LogP contribution in [0.25, 0.3) is 22.2 Å². The van der Waals surface area contributed by atoms with E-state index < -0.39 is 0 Å². The molecule has 0 spiro atoms. The molecule has 2 heterocycles. The van der Waals surface area contributed by atoms with E-state index in [0.717, 1.165) is 12.2 Å². The number of pyridine rings is 1. The van der Waals surface area contributed by atoms with Gasteiger partial charge in [-0.3, -0.25) is 4.98 Å². The SMILES string of the molecule is Cc1ccc(-c2nccc3c(C)c(C)n(Cc4cccc(C)c4)c23)cc1. The molecule has 4 rings (SSSR count). The van der Waals surface area contributed by atoms with Crippen molar-refractivity contribution in [3.63, 3.8) is 0 Å². The van der Waals surface area contributed by atoms with E-state index in [1.807, 2.05) is 6.20 Å². The topological polar surface area (TPSA) is 17.8 Å². The van der Waals surface area contributed by atoms with Crippen molar-refractivity contribution in [3.05, 3.63) is 88.7 Å². The summed E-state index contributed by atoms with van der Waals surface area (Å²) in [6, 6.07) is 19.6. The van der Waals surface area contributed by atoms with Crippen LogP contribution >= 0.6 is 0 Å². The number of hydrogen-bond donors (Lipinski definition) is 0. The molecule has 0 fully saturated rings. The molecule has 0 aliphatic carbocycles. The van der Waals surface area contributed by atoms with Crippen LogP contribution in [-0.4, -0.2) is 9.55 Å². The first-order chi connectivity index (χ1) is 12.5. The Morgan fingerprint density at radius 1 is 0.846 bits per heavy atom. The average molecular weight is 340 g/mol. The van der Waals surface area contributed by atoms with Crippen molar-refractivity contribution in [2.24, 2.45) is 0 Å². The molecule has 0 amide bonds. The highest BCUT2D eigenvalue weighted by Gasteiger charge is 2.16. The quantitative estimate of drug-likeness (QED) is 0.448. The molecule has 0 aliphatic rings. The molecule has 0 N–H and O–H groups in total. The second kappa shape index (κ2) is 6.45. The maximum atomic E-state index is 4.76. The van der Waals surface area contributed by atoms with Gasteiger partial charge in [0.2, 0.25) is 0 Å². The monoisotopic (exact) mass is 340 g/mol. The molecule has 4 aromatic rings. The lowest BCUT2D eigenvalue weighted by atomic mass is 10.1. The standard InChI is InChI=1S/C24H24N2/c1-16-8-10-21(11-9-16)23-24-22(12-13-25-23)18(3)19(4)26(24)15-20-7-5-6-17(2)14-20/h5-14H,15H2,1-4H3. The van der Waals surface area contributed by atoms with E-state index in [-0.39, 0.29) is 0 Å². The first kappa shape index (κ1) is 16.6. The lowest BCUT2D eigenvalue weighted by molar-refractivity contribution is 0.799. The molecule has 2 nitrogen and oxygen atoms in total. The van der Waals surface area contributed by atoms with E-state index in [1.54, 1.807) is 0 Å². The van der Waals surface area contributed by atoms with Crippen LogP contribution in [0, 0.1) is 27.7 Å². The van der Waals surface area contributed by atoms with Gasteiger partial charge in [0.25, 0.3) is 0 Å². The van der Waals surface area contributed by atoms with Gasteiger partial charge in [-0.15, -0.1) is 0 Å². The first-order valence-corrected chi connectivity index (χ1v) is 9.11. The second-order valence-electron chi connectivity index (χ2n) is 7.21. The minimum atomic E-state index is 0.864. The van der Waals surface area contributed by atoms with Gasteiger partial charge in [0.1, 0.15) is 0 Å². The number of nitrogens with zero attached hydrogens (tertiary/aromatic N) is 2. The van der Waals surface area contributed by atoms with E-state index in [1.165, 1.54) is 44.4 Å². The molecule has 2 aromatic carbocycles. The van der Waals surface area contributed by atoms with E-state index in [9.17, 15) is 0 Å². The van der Waals surface area contributed by atoms with Crippen LogP contribution in [0.1, 0.15) is 27.9 Å². The minimum absolute atomic E-state index is 0.864. The molecule has 130 valence electrons. The highest BCUT2D eigenvalue weighted by atomic mass is 15.0. The number of aryl methyl sites for hydroxylation is 3. The summed E-state index contributed by atoms with van der Waals surface area (Å²) in [5.74, 6) is 0. The summed E-state index contributed by atoms with van der Waals surface area (Å²) in [6.45, 7) is 9.55. The maximum Gasteiger partial charge on any atom is 0.0945 e. The highest BCUT2D eigenvalue weighted by molar-refractivity contribution is 5.95. The molecule has 26 heavy (non-hydrogen) atoms. The summed E-state index contributed by atoms with van der Waals surface area (Å²) in [6.07, 6.45) is 1.93. The maximum absolute atomic E-state index is 4.76. The summed E-state index contributed by atoms with van der Waals surface area (Å²) < 4.78 is 2.42. The number of aromatic nitrogens is 2. The zero-order valence-electron chi connectivity index (χ0n) is 15.9. The highest BCUT2D eigenvalue weighted by Crippen LogP contribution is 2.33. The fraction of sp³-hybridized carbons (Fsp3) is 0.208. The van der Waals surface area contributed by atoms with E-state index in [0.29, 0.717) is 0 Å². The van der Waals surface area contributed by atoms with Crippen molar-refractivity contribution in [1.82, 2.24) is 9.55 Å². The third kappa shape index (κ3) is 2.82. The molecule has 0 radical (unpaired) electrons. The molecular weight excluding hydrogens is 316 g/mol. The van der Waals surface area contributed by atoms with Gasteiger partial charge in [-0.25, -0.2) is 0 Å². The Morgan fingerprint density at radius 3 is 2.35 bits per heavy atom. The van der Waals surface area contributed by atoms with Crippen LogP contribution in [-0.2, 0) is 6.54 Å². The lowest BCUT2D eigenvalue weighted by Gasteiger charge is -2.12. The fourth-order valence-corrected chi connectivity index (χ4v) is 3.71. The molecular formula is C24H24N2. The molecule has 0 saturated heterocycles. The van der Waals surface area contributed by atoms with Gasteiger partial charge in [-0.05, 0) is 44.9 Å². The Morgan fingerprint density at radius 2 is 1.62 bits per heavy atom. The lowest BCUT2D eigenvalue weighted by Crippen LogP contribution is -2.03. The summed E-state index contributed by atoms with van der Waals surface area (Å²) in [7, 11) is 0. The van der Waals surface area contributed by atoms with E-state index in [2.05, 4.69) is 86.9 Å². The summed E-state index contributed by atoms with van der Waals surface area (Å²) >= 11 is 0. The normalized spacial score (nSPS) is 11.2. The van der Waals surface area contributed by atoms with Crippen LogP contribution in [0.4, 0.5) is 0 Å². The molecule has 0 aliphatic heterocycles. The summed E-state index contributed by atoms with van der Waals surface area (Å²) in [4.78, 5) is 4.76. The number of fused-ring (bicyclic) bond motifs is 1. The van der Waals surface area contributed by atoms with Gasteiger partial charge in [-0.1, -0.05) is 59.7 Å². The molecule has 0 unspecified atom stereocenters. The van der Waals surface area contributed by atoms with Crippen molar-refractivity contribution >= 4 is 10.9 Å². The van der Waals surface area contributed by atoms with Crippen LogP contribution in [0.15, 0.2) is 60.8 Å². The predicted octanol–water partition coefficient (Wildman–Crippen LogP) is 5.99. The van der Waals surface area contributed by atoms with Crippen molar-refractivity contribution < 1.29 is 0 Å². The van der Waals surface area contributed by atoms with Crippen molar-refractivity contribution in [1.29, 1.82) is 0 Å². The minimum Gasteiger partial charge on any atom is -0.338 e. The Hall–Kier alpha value is -2.87. The van der Waals surface area contributed by atoms with Crippen molar-refractivity contribution in [3.8, 4) is 11.3 Å². The fourth-order valence-electron chi connectivity index (χ4n) is 3.71. The third-order valence-corrected chi connectivity index (χ3v) is 5.29. The smallest absolute Gasteiger partial charge is 0.0945 e. The van der Waals surface area contributed by atoms with Gasteiger partial charge in [0, 0.05) is 29.4 Å². The van der Waals surface area contributed by atoms with Crippen LogP contribution in [0.2, 0.25) is 0 Å². The molecule has 0 saturated carbocycles. The number of benzene rings is 2. The van der Waals surface area contributed by atoms with Gasteiger partial charge >= 0.3 is 0 Å². The largest absolute Gasteiger partial charge is 0.338 e. The first-order valence-electron chi connectivity index (χ1n) is 9.11. The second-order valence-corrected chi connectivity index (χ2v) is 7.21. The zero-order chi connectivity index (χ0) is 18.3. The summed E-state index contributed by atoms with van der Waals surface area (Å²) in [5, 5.41) is 1.29. The summed E-state index contributed by atoms with van der Waals surface area (Å²) in [5.41, 5.74) is 9.99. The Bertz CT molecular complexity index is 1090. The molecule has 2 heteroatoms. The van der Waals surface area contributed by atoms with Gasteiger partial charge in [0.15, 0.2) is 0 Å². The zero-order valence-corrected chi connectivity index (χ0v) is 15.9. The molecule has 0 bridgehead atoms. The van der Waals surface area contributed by atoms with Gasteiger partial charge in [0.05, 0.1) is 11.2 Å². The van der Waals surface area contributed by atoms with Gasteiger partial charge in [-0.2, -0.15) is 0 Å². The average Bonchev–Trinajstić information content (AvgIpc) is 2.88. The Kier molecular flexibility index (Phi) is 4.12. The Balaban J connectivity index is 1.94. The molecule has 0 atom stereocenters. The van der Waals surface area contributed by atoms with Crippen LogP contribution in [0.3, 0.4) is 0 Å². The van der Waals surface area contributed by atoms with Gasteiger partial charge < -0.3 is 4.57 Å². The predicted molar refractivity (Wildman–Crippen MR) is 110 cm³/mol. The van der Waals surface area contributed by atoms with Crippen LogP contribution in [0.5, 0.6) is 0 Å².